The number of carbonyl (C=O) groups excluding carboxylic acids is 1. The van der Waals surface area contributed by atoms with Crippen LogP contribution in [-0.2, 0) is 9.53 Å². The SMILES string of the molecule is C=CC(=O)OC(C)O.[NaH]. The van der Waals surface area contributed by atoms with Crippen molar-refractivity contribution in [2.45, 2.75) is 13.2 Å². The second-order valence-electron chi connectivity index (χ2n) is 1.24. The summed E-state index contributed by atoms with van der Waals surface area (Å²) in [5.41, 5.74) is 0. The number of carbonyl (C=O) groups is 1. The molecule has 0 fully saturated rings. The molecule has 9 heavy (non-hydrogen) atoms. The van der Waals surface area contributed by atoms with Crippen LogP contribution in [0, 0.1) is 0 Å². The second kappa shape index (κ2) is 6.29. The van der Waals surface area contributed by atoms with Crippen LogP contribution >= 0.6 is 0 Å². The fraction of sp³-hybridized carbons (Fsp3) is 0.400. The molecule has 1 N–H and O–H groups in total. The van der Waals surface area contributed by atoms with Gasteiger partial charge in [0, 0.05) is 6.08 Å². The first-order valence-electron chi connectivity index (χ1n) is 2.18. The summed E-state index contributed by atoms with van der Waals surface area (Å²) in [5, 5.41) is 8.36. The summed E-state index contributed by atoms with van der Waals surface area (Å²) in [6.45, 7) is 4.48. The average molecular weight is 140 g/mol. The van der Waals surface area contributed by atoms with Crippen molar-refractivity contribution in [2.75, 3.05) is 0 Å². The van der Waals surface area contributed by atoms with Crippen molar-refractivity contribution >= 4 is 35.5 Å². The molecule has 0 radical (unpaired) electrons. The number of aliphatic hydroxyl groups is 1. The summed E-state index contributed by atoms with van der Waals surface area (Å²) >= 11 is 0. The Morgan fingerprint density at radius 2 is 2.33 bits per heavy atom. The minimum absolute atomic E-state index is 0. The number of rotatable bonds is 2. The topological polar surface area (TPSA) is 46.5 Å². The third-order valence-electron chi connectivity index (χ3n) is 0.453. The van der Waals surface area contributed by atoms with Crippen LogP contribution in [-0.4, -0.2) is 46.9 Å². The molecular formula is C5H9NaO3. The fourth-order valence-electron chi connectivity index (χ4n) is 0.216. The molecule has 0 bridgehead atoms. The zero-order chi connectivity index (χ0) is 6.57. The van der Waals surface area contributed by atoms with Gasteiger partial charge in [0.05, 0.1) is 0 Å². The van der Waals surface area contributed by atoms with E-state index in [1.54, 1.807) is 0 Å². The number of ether oxygens (including phenoxy) is 1. The van der Waals surface area contributed by atoms with Crippen LogP contribution in [0.3, 0.4) is 0 Å². The van der Waals surface area contributed by atoms with Crippen LogP contribution in [0.25, 0.3) is 0 Å². The Kier molecular flexibility index (Phi) is 8.32. The minimum atomic E-state index is -1.04. The van der Waals surface area contributed by atoms with E-state index in [0.717, 1.165) is 6.08 Å². The Morgan fingerprint density at radius 3 is 2.44 bits per heavy atom. The maximum absolute atomic E-state index is 10.1. The molecule has 0 aliphatic heterocycles. The van der Waals surface area contributed by atoms with Gasteiger partial charge >= 0.3 is 35.5 Å². The van der Waals surface area contributed by atoms with Crippen molar-refractivity contribution in [1.29, 1.82) is 0 Å². The third-order valence-corrected chi connectivity index (χ3v) is 0.453. The molecule has 0 spiro atoms. The molecule has 4 heteroatoms. The molecule has 0 aromatic carbocycles. The van der Waals surface area contributed by atoms with Gasteiger partial charge in [0.1, 0.15) is 0 Å². The number of hydrogen-bond acceptors (Lipinski definition) is 3. The zero-order valence-electron chi connectivity index (χ0n) is 4.63. The fourth-order valence-corrected chi connectivity index (χ4v) is 0.216. The molecule has 1 atom stereocenters. The number of hydrogen-bond donors (Lipinski definition) is 1. The van der Waals surface area contributed by atoms with Gasteiger partial charge in [-0.15, -0.1) is 0 Å². The van der Waals surface area contributed by atoms with Crippen LogP contribution in [0.1, 0.15) is 6.92 Å². The van der Waals surface area contributed by atoms with Crippen LogP contribution in [0.15, 0.2) is 12.7 Å². The van der Waals surface area contributed by atoms with Gasteiger partial charge in [0.25, 0.3) is 0 Å². The van der Waals surface area contributed by atoms with E-state index in [-0.39, 0.29) is 29.6 Å². The Bertz CT molecular complexity index is 100. The zero-order valence-corrected chi connectivity index (χ0v) is 4.63. The third kappa shape index (κ3) is 8.17. The van der Waals surface area contributed by atoms with Crippen molar-refractivity contribution < 1.29 is 14.6 Å². The normalized spacial score (nSPS) is 10.9. The summed E-state index contributed by atoms with van der Waals surface area (Å²) in [6, 6.07) is 0. The first-order chi connectivity index (χ1) is 3.66. The number of esters is 1. The van der Waals surface area contributed by atoms with Gasteiger partial charge < -0.3 is 9.84 Å². The van der Waals surface area contributed by atoms with Crippen LogP contribution in [0.5, 0.6) is 0 Å². The predicted molar refractivity (Wildman–Crippen MR) is 35.1 cm³/mol. The van der Waals surface area contributed by atoms with Gasteiger partial charge in [-0.2, -0.15) is 0 Å². The van der Waals surface area contributed by atoms with E-state index < -0.39 is 12.3 Å². The average Bonchev–Trinajstić information content (AvgIpc) is 1.65. The van der Waals surface area contributed by atoms with Gasteiger partial charge in [-0.25, -0.2) is 4.79 Å². The Labute approximate surface area is 76.0 Å². The summed E-state index contributed by atoms with van der Waals surface area (Å²) in [5.74, 6) is -0.611. The van der Waals surface area contributed by atoms with Crippen molar-refractivity contribution in [1.82, 2.24) is 0 Å². The van der Waals surface area contributed by atoms with Gasteiger partial charge in [0.2, 0.25) is 0 Å². The van der Waals surface area contributed by atoms with Gasteiger partial charge in [-0.05, 0) is 6.92 Å². The summed E-state index contributed by atoms with van der Waals surface area (Å²) in [6.07, 6.45) is -0.0484. The Morgan fingerprint density at radius 1 is 1.89 bits per heavy atom. The van der Waals surface area contributed by atoms with Crippen molar-refractivity contribution in [3.8, 4) is 0 Å². The van der Waals surface area contributed by atoms with Crippen LogP contribution in [0.2, 0.25) is 0 Å². The van der Waals surface area contributed by atoms with E-state index in [1.807, 2.05) is 0 Å². The van der Waals surface area contributed by atoms with Crippen molar-refractivity contribution in [3.05, 3.63) is 12.7 Å². The van der Waals surface area contributed by atoms with E-state index in [0.29, 0.717) is 0 Å². The molecule has 0 saturated heterocycles. The molecule has 0 aliphatic carbocycles. The van der Waals surface area contributed by atoms with E-state index in [1.165, 1.54) is 6.92 Å². The number of aliphatic hydroxyl groups excluding tert-OH is 1. The predicted octanol–water partition coefficient (Wildman–Crippen LogP) is -0.595. The summed E-state index contributed by atoms with van der Waals surface area (Å²) in [7, 11) is 0. The summed E-state index contributed by atoms with van der Waals surface area (Å²) < 4.78 is 4.20. The van der Waals surface area contributed by atoms with E-state index >= 15 is 0 Å². The van der Waals surface area contributed by atoms with Crippen molar-refractivity contribution in [2.24, 2.45) is 0 Å². The Hall–Kier alpha value is 0.170. The van der Waals surface area contributed by atoms with E-state index in [4.69, 9.17) is 5.11 Å². The van der Waals surface area contributed by atoms with E-state index in [9.17, 15) is 4.79 Å². The second-order valence-corrected chi connectivity index (χ2v) is 1.24. The quantitative estimate of drug-likeness (QED) is 0.241. The molecule has 0 rings (SSSR count). The molecule has 3 nitrogen and oxygen atoms in total. The monoisotopic (exact) mass is 140 g/mol. The van der Waals surface area contributed by atoms with Crippen molar-refractivity contribution in [3.63, 3.8) is 0 Å². The molecule has 0 heterocycles. The van der Waals surface area contributed by atoms with Crippen LogP contribution < -0.4 is 0 Å². The maximum atomic E-state index is 10.1. The molecule has 1 unspecified atom stereocenters. The first-order valence-corrected chi connectivity index (χ1v) is 2.18. The molecule has 48 valence electrons. The first kappa shape index (κ1) is 11.9. The van der Waals surface area contributed by atoms with E-state index in [2.05, 4.69) is 11.3 Å². The van der Waals surface area contributed by atoms with Crippen LogP contribution in [0.4, 0.5) is 0 Å². The molecule has 0 aromatic rings. The van der Waals surface area contributed by atoms with Gasteiger partial charge in [-0.1, -0.05) is 6.58 Å². The van der Waals surface area contributed by atoms with Gasteiger partial charge in [0.15, 0.2) is 6.29 Å². The summed E-state index contributed by atoms with van der Waals surface area (Å²) in [4.78, 5) is 10.1. The molecular weight excluding hydrogens is 131 g/mol. The molecule has 0 aliphatic rings. The Balaban J connectivity index is 0. The molecule has 0 saturated carbocycles. The molecule has 0 amide bonds. The van der Waals surface area contributed by atoms with Gasteiger partial charge in [-0.3, -0.25) is 0 Å². The standard InChI is InChI=1S/C5H8O3.Na.H/c1-3-5(7)8-4(2)6;;/h3-4,6H,1H2,2H3;;. The molecule has 0 aromatic heterocycles.